The van der Waals surface area contributed by atoms with Crippen molar-refractivity contribution in [2.75, 3.05) is 7.05 Å². The number of rotatable bonds is 1. The molecule has 0 fully saturated rings. The third kappa shape index (κ3) is 1.44. The lowest BCUT2D eigenvalue weighted by atomic mass is 10.2. The molecular weight excluding hydrogens is 176 g/mol. The largest absolute Gasteiger partial charge is 0.354 e. The van der Waals surface area contributed by atoms with E-state index in [0.717, 1.165) is 10.9 Å². The van der Waals surface area contributed by atoms with Crippen LogP contribution in [-0.2, 0) is 0 Å². The third-order valence-electron chi connectivity index (χ3n) is 2.06. The van der Waals surface area contributed by atoms with E-state index in [0.29, 0.717) is 5.69 Å². The van der Waals surface area contributed by atoms with E-state index in [1.165, 1.54) is 0 Å². The van der Waals surface area contributed by atoms with Crippen LogP contribution in [0.15, 0.2) is 36.4 Å². The minimum Gasteiger partial charge on any atom is -0.354 e. The molecule has 1 amide bonds. The van der Waals surface area contributed by atoms with Crippen molar-refractivity contribution in [1.29, 1.82) is 0 Å². The molecule has 0 unspecified atom stereocenters. The number of hydrogen-bond donors (Lipinski definition) is 1. The maximum atomic E-state index is 11.3. The van der Waals surface area contributed by atoms with E-state index in [1.54, 1.807) is 13.1 Å². The maximum absolute atomic E-state index is 11.3. The third-order valence-corrected chi connectivity index (χ3v) is 2.06. The Labute approximate surface area is 81.8 Å². The van der Waals surface area contributed by atoms with E-state index < -0.39 is 0 Å². The Morgan fingerprint density at radius 1 is 1.21 bits per heavy atom. The molecule has 0 saturated carbocycles. The van der Waals surface area contributed by atoms with Crippen LogP contribution >= 0.6 is 0 Å². The molecule has 1 aromatic heterocycles. The predicted molar refractivity (Wildman–Crippen MR) is 55.1 cm³/mol. The summed E-state index contributed by atoms with van der Waals surface area (Å²) in [5.74, 6) is -0.157. The van der Waals surface area contributed by atoms with Crippen LogP contribution in [0.3, 0.4) is 0 Å². The highest BCUT2D eigenvalue weighted by atomic mass is 16.1. The number of nitrogens with one attached hydrogen (secondary N) is 1. The zero-order chi connectivity index (χ0) is 9.97. The molecular formula is C11H10N2O. The summed E-state index contributed by atoms with van der Waals surface area (Å²) in [4.78, 5) is 15.5. The monoisotopic (exact) mass is 186 g/mol. The summed E-state index contributed by atoms with van der Waals surface area (Å²) in [5.41, 5.74) is 1.29. The van der Waals surface area contributed by atoms with Gasteiger partial charge in [-0.15, -0.1) is 0 Å². The molecule has 0 radical (unpaired) electrons. The van der Waals surface area contributed by atoms with Crippen molar-refractivity contribution in [3.8, 4) is 0 Å². The van der Waals surface area contributed by atoms with Gasteiger partial charge in [0.25, 0.3) is 5.91 Å². The van der Waals surface area contributed by atoms with Gasteiger partial charge < -0.3 is 5.32 Å². The molecule has 2 aromatic rings. The number of hydrogen-bond acceptors (Lipinski definition) is 2. The van der Waals surface area contributed by atoms with Crippen molar-refractivity contribution in [2.24, 2.45) is 0 Å². The van der Waals surface area contributed by atoms with Gasteiger partial charge in [0.15, 0.2) is 0 Å². The molecule has 2 rings (SSSR count). The molecule has 3 nitrogen and oxygen atoms in total. The summed E-state index contributed by atoms with van der Waals surface area (Å²) < 4.78 is 0. The Morgan fingerprint density at radius 2 is 2.00 bits per heavy atom. The molecule has 1 N–H and O–H groups in total. The van der Waals surface area contributed by atoms with E-state index >= 15 is 0 Å². The zero-order valence-corrected chi connectivity index (χ0v) is 7.82. The first-order chi connectivity index (χ1) is 6.81. The van der Waals surface area contributed by atoms with Gasteiger partial charge in [-0.25, -0.2) is 4.98 Å². The first kappa shape index (κ1) is 8.69. The van der Waals surface area contributed by atoms with Crippen LogP contribution in [0.1, 0.15) is 10.5 Å². The summed E-state index contributed by atoms with van der Waals surface area (Å²) in [6.45, 7) is 0. The fourth-order valence-corrected chi connectivity index (χ4v) is 1.32. The van der Waals surface area contributed by atoms with Crippen LogP contribution in [0.2, 0.25) is 0 Å². The molecule has 70 valence electrons. The predicted octanol–water partition coefficient (Wildman–Crippen LogP) is 1.59. The molecule has 0 saturated heterocycles. The summed E-state index contributed by atoms with van der Waals surface area (Å²) in [6, 6.07) is 11.3. The van der Waals surface area contributed by atoms with Crippen molar-refractivity contribution >= 4 is 16.8 Å². The van der Waals surface area contributed by atoms with Crippen LogP contribution in [0.4, 0.5) is 0 Å². The number of carbonyl (C=O) groups excluding carboxylic acids is 1. The second-order valence-corrected chi connectivity index (χ2v) is 2.97. The number of amides is 1. The van der Waals surface area contributed by atoms with Crippen LogP contribution < -0.4 is 5.32 Å². The van der Waals surface area contributed by atoms with E-state index in [2.05, 4.69) is 10.3 Å². The van der Waals surface area contributed by atoms with Gasteiger partial charge in [0.2, 0.25) is 0 Å². The number of aromatic nitrogens is 1. The van der Waals surface area contributed by atoms with Crippen LogP contribution in [0.25, 0.3) is 10.9 Å². The van der Waals surface area contributed by atoms with Crippen molar-refractivity contribution in [1.82, 2.24) is 10.3 Å². The lowest BCUT2D eigenvalue weighted by Gasteiger charge is -2.00. The van der Waals surface area contributed by atoms with Crippen molar-refractivity contribution in [3.63, 3.8) is 0 Å². The normalized spacial score (nSPS) is 10.1. The summed E-state index contributed by atoms with van der Waals surface area (Å²) in [5, 5.41) is 3.59. The van der Waals surface area contributed by atoms with Gasteiger partial charge in [-0.1, -0.05) is 24.3 Å². The van der Waals surface area contributed by atoms with E-state index in [9.17, 15) is 4.79 Å². The first-order valence-corrected chi connectivity index (χ1v) is 4.39. The topological polar surface area (TPSA) is 42.0 Å². The van der Waals surface area contributed by atoms with E-state index in [1.807, 2.05) is 30.3 Å². The molecule has 0 aliphatic rings. The van der Waals surface area contributed by atoms with Crippen LogP contribution in [-0.4, -0.2) is 17.9 Å². The Balaban J connectivity index is 2.56. The standard InChI is InChI=1S/C11H10N2O/c1-12-11(14)10-7-6-8-4-2-3-5-9(8)13-10/h2-7H,1H3,(H,12,14). The average molecular weight is 186 g/mol. The molecule has 0 aliphatic heterocycles. The lowest BCUT2D eigenvalue weighted by Crippen LogP contribution is -2.18. The fourth-order valence-electron chi connectivity index (χ4n) is 1.32. The highest BCUT2D eigenvalue weighted by Gasteiger charge is 2.04. The number of nitrogens with zero attached hydrogens (tertiary/aromatic N) is 1. The van der Waals surface area contributed by atoms with Gasteiger partial charge in [-0.2, -0.15) is 0 Å². The smallest absolute Gasteiger partial charge is 0.269 e. The highest BCUT2D eigenvalue weighted by molar-refractivity contribution is 5.94. The minimum absolute atomic E-state index is 0.157. The van der Waals surface area contributed by atoms with Gasteiger partial charge in [-0.05, 0) is 12.1 Å². The van der Waals surface area contributed by atoms with Crippen molar-refractivity contribution in [2.45, 2.75) is 0 Å². The highest BCUT2D eigenvalue weighted by Crippen LogP contribution is 2.11. The number of carbonyl (C=O) groups is 1. The summed E-state index contributed by atoms with van der Waals surface area (Å²) >= 11 is 0. The minimum atomic E-state index is -0.157. The molecule has 0 atom stereocenters. The van der Waals surface area contributed by atoms with Gasteiger partial charge in [0.1, 0.15) is 5.69 Å². The molecule has 1 aromatic carbocycles. The number of pyridine rings is 1. The second-order valence-electron chi connectivity index (χ2n) is 2.97. The molecule has 0 aliphatic carbocycles. The maximum Gasteiger partial charge on any atom is 0.269 e. The summed E-state index contributed by atoms with van der Waals surface area (Å²) in [6.07, 6.45) is 0. The lowest BCUT2D eigenvalue weighted by molar-refractivity contribution is 0.0958. The molecule has 3 heteroatoms. The Morgan fingerprint density at radius 3 is 2.79 bits per heavy atom. The quantitative estimate of drug-likeness (QED) is 0.734. The SMILES string of the molecule is CNC(=O)c1ccc2ccccc2n1. The average Bonchev–Trinajstić information content (AvgIpc) is 2.27. The Hall–Kier alpha value is -1.90. The van der Waals surface area contributed by atoms with Gasteiger partial charge in [0.05, 0.1) is 5.52 Å². The summed E-state index contributed by atoms with van der Waals surface area (Å²) in [7, 11) is 1.60. The molecule has 0 spiro atoms. The Bertz CT molecular complexity index is 479. The second kappa shape index (κ2) is 3.46. The van der Waals surface area contributed by atoms with Crippen LogP contribution in [0.5, 0.6) is 0 Å². The van der Waals surface area contributed by atoms with Crippen LogP contribution in [0, 0.1) is 0 Å². The van der Waals surface area contributed by atoms with Gasteiger partial charge in [0, 0.05) is 12.4 Å². The first-order valence-electron chi connectivity index (χ1n) is 4.39. The van der Waals surface area contributed by atoms with Gasteiger partial charge in [-0.3, -0.25) is 4.79 Å². The van der Waals surface area contributed by atoms with Crippen molar-refractivity contribution in [3.05, 3.63) is 42.1 Å². The fraction of sp³-hybridized carbons (Fsp3) is 0.0909. The van der Waals surface area contributed by atoms with Crippen molar-refractivity contribution < 1.29 is 4.79 Å². The Kier molecular flexibility index (Phi) is 2.14. The molecule has 1 heterocycles. The number of para-hydroxylation sites is 1. The van der Waals surface area contributed by atoms with E-state index in [-0.39, 0.29) is 5.91 Å². The zero-order valence-electron chi connectivity index (χ0n) is 7.82. The number of benzene rings is 1. The van der Waals surface area contributed by atoms with Gasteiger partial charge >= 0.3 is 0 Å². The number of fused-ring (bicyclic) bond motifs is 1. The molecule has 14 heavy (non-hydrogen) atoms. The molecule has 0 bridgehead atoms. The van der Waals surface area contributed by atoms with E-state index in [4.69, 9.17) is 0 Å².